The fraction of sp³-hybridized carbons (Fsp3) is 0.429. The Balaban J connectivity index is 2.04. The second-order valence-electron chi connectivity index (χ2n) is 5.16. The van der Waals surface area contributed by atoms with Crippen LogP contribution in [0.2, 0.25) is 0 Å². The molecule has 6 nitrogen and oxygen atoms in total. The fourth-order valence-corrected chi connectivity index (χ4v) is 2.67. The van der Waals surface area contributed by atoms with Crippen LogP contribution in [-0.2, 0) is 11.3 Å². The molecule has 1 aliphatic rings. The molecular formula is C14H17BrN2O4. The zero-order valence-corrected chi connectivity index (χ0v) is 13.2. The molecule has 1 aromatic carbocycles. The summed E-state index contributed by atoms with van der Waals surface area (Å²) in [6, 6.07) is 6.20. The van der Waals surface area contributed by atoms with E-state index in [2.05, 4.69) is 15.9 Å². The summed E-state index contributed by atoms with van der Waals surface area (Å²) >= 11 is 3.34. The summed E-state index contributed by atoms with van der Waals surface area (Å²) in [5.41, 5.74) is 0.945. The number of aliphatic hydroxyl groups is 1. The van der Waals surface area contributed by atoms with E-state index < -0.39 is 18.1 Å². The normalized spacial score (nSPS) is 21.4. The van der Waals surface area contributed by atoms with Crippen LogP contribution in [0.5, 0.6) is 0 Å². The van der Waals surface area contributed by atoms with Gasteiger partial charge in [-0.15, -0.1) is 0 Å². The third kappa shape index (κ3) is 3.74. The lowest BCUT2D eigenvalue weighted by atomic mass is 10.2. The van der Waals surface area contributed by atoms with Crippen molar-refractivity contribution in [3.05, 3.63) is 34.3 Å². The first kappa shape index (κ1) is 15.8. The maximum Gasteiger partial charge on any atom is 0.326 e. The van der Waals surface area contributed by atoms with E-state index in [1.165, 1.54) is 9.80 Å². The summed E-state index contributed by atoms with van der Waals surface area (Å²) < 4.78 is 0.953. The van der Waals surface area contributed by atoms with Gasteiger partial charge >= 0.3 is 12.0 Å². The molecule has 0 radical (unpaired) electrons. The van der Waals surface area contributed by atoms with Crippen LogP contribution in [0, 0.1) is 0 Å². The van der Waals surface area contributed by atoms with Gasteiger partial charge in [-0.1, -0.05) is 28.1 Å². The molecule has 2 amide bonds. The highest BCUT2D eigenvalue weighted by molar-refractivity contribution is 9.10. The number of hydrogen-bond acceptors (Lipinski definition) is 3. The van der Waals surface area contributed by atoms with E-state index in [4.69, 9.17) is 5.11 Å². The Hall–Kier alpha value is -1.60. The van der Waals surface area contributed by atoms with Gasteiger partial charge in [-0.2, -0.15) is 0 Å². The number of amides is 2. The van der Waals surface area contributed by atoms with Gasteiger partial charge in [0.25, 0.3) is 0 Å². The van der Waals surface area contributed by atoms with Crippen LogP contribution in [0.15, 0.2) is 28.7 Å². The van der Waals surface area contributed by atoms with Gasteiger partial charge in [0.05, 0.1) is 6.10 Å². The molecule has 114 valence electrons. The van der Waals surface area contributed by atoms with Crippen LogP contribution in [0.1, 0.15) is 12.0 Å². The van der Waals surface area contributed by atoms with E-state index >= 15 is 0 Å². The largest absolute Gasteiger partial charge is 0.480 e. The molecule has 7 heteroatoms. The zero-order chi connectivity index (χ0) is 15.6. The second kappa shape index (κ2) is 6.44. The number of carboxylic acids is 1. The van der Waals surface area contributed by atoms with E-state index in [1.807, 2.05) is 24.3 Å². The van der Waals surface area contributed by atoms with Crippen molar-refractivity contribution in [2.24, 2.45) is 0 Å². The molecule has 1 unspecified atom stereocenters. The standard InChI is InChI=1S/C14H17BrN2O4/c1-16(7-9-2-4-10(15)5-3-9)14(21)17-8-11(18)6-12(17)13(19)20/h2-5,11-12,18H,6-8H2,1H3,(H,19,20)/t11?,12-/m0/s1. The summed E-state index contributed by atoms with van der Waals surface area (Å²) in [4.78, 5) is 26.2. The number of nitrogens with zero attached hydrogens (tertiary/aromatic N) is 2. The lowest BCUT2D eigenvalue weighted by Crippen LogP contribution is -2.46. The van der Waals surface area contributed by atoms with E-state index in [-0.39, 0.29) is 19.0 Å². The lowest BCUT2D eigenvalue weighted by Gasteiger charge is -2.27. The molecule has 0 bridgehead atoms. The van der Waals surface area contributed by atoms with Gasteiger partial charge in [0.1, 0.15) is 6.04 Å². The molecule has 1 heterocycles. The molecule has 2 atom stereocenters. The number of urea groups is 1. The first-order chi connectivity index (χ1) is 9.88. The van der Waals surface area contributed by atoms with Gasteiger partial charge in [0.15, 0.2) is 0 Å². The Bertz CT molecular complexity index is 534. The van der Waals surface area contributed by atoms with Crippen LogP contribution in [0.4, 0.5) is 4.79 Å². The van der Waals surface area contributed by atoms with Gasteiger partial charge in [-0.3, -0.25) is 0 Å². The number of aliphatic hydroxyl groups excluding tert-OH is 1. The number of benzene rings is 1. The summed E-state index contributed by atoms with van der Waals surface area (Å²) in [7, 11) is 1.62. The van der Waals surface area contributed by atoms with Crippen LogP contribution < -0.4 is 0 Å². The van der Waals surface area contributed by atoms with Crippen molar-refractivity contribution in [1.82, 2.24) is 9.80 Å². The molecule has 1 aliphatic heterocycles. The number of carbonyl (C=O) groups is 2. The minimum atomic E-state index is -1.09. The summed E-state index contributed by atoms with van der Waals surface area (Å²) in [6.07, 6.45) is -0.705. The van der Waals surface area contributed by atoms with Crippen molar-refractivity contribution >= 4 is 27.9 Å². The molecule has 0 aromatic heterocycles. The number of halogens is 1. The Kier molecular flexibility index (Phi) is 4.84. The Morgan fingerprint density at radius 3 is 2.57 bits per heavy atom. The highest BCUT2D eigenvalue weighted by atomic mass is 79.9. The monoisotopic (exact) mass is 356 g/mol. The molecule has 0 saturated carbocycles. The summed E-state index contributed by atoms with van der Waals surface area (Å²) in [5.74, 6) is -1.09. The van der Waals surface area contributed by atoms with Crippen LogP contribution in [0.25, 0.3) is 0 Å². The van der Waals surface area contributed by atoms with Gasteiger partial charge in [-0.25, -0.2) is 9.59 Å². The smallest absolute Gasteiger partial charge is 0.326 e. The Morgan fingerprint density at radius 1 is 1.38 bits per heavy atom. The first-order valence-electron chi connectivity index (χ1n) is 6.55. The number of carbonyl (C=O) groups excluding carboxylic acids is 1. The SMILES string of the molecule is CN(Cc1ccc(Br)cc1)C(=O)N1CC(O)C[C@H]1C(=O)O. The van der Waals surface area contributed by atoms with Crippen molar-refractivity contribution < 1.29 is 19.8 Å². The first-order valence-corrected chi connectivity index (χ1v) is 7.35. The minimum absolute atomic E-state index is 0.0560. The summed E-state index contributed by atoms with van der Waals surface area (Å²) in [6.45, 7) is 0.436. The number of aliphatic carboxylic acids is 1. The van der Waals surface area contributed by atoms with Crippen molar-refractivity contribution in [1.29, 1.82) is 0 Å². The van der Waals surface area contributed by atoms with Crippen molar-refractivity contribution in [3.8, 4) is 0 Å². The number of carboxylic acid groups (broad SMARTS) is 1. The van der Waals surface area contributed by atoms with Crippen LogP contribution in [-0.4, -0.2) is 57.8 Å². The predicted octanol–water partition coefficient (Wildman–Crippen LogP) is 1.52. The topological polar surface area (TPSA) is 81.1 Å². The number of rotatable bonds is 3. The maximum atomic E-state index is 12.3. The van der Waals surface area contributed by atoms with Gasteiger partial charge in [0, 0.05) is 31.0 Å². The quantitative estimate of drug-likeness (QED) is 0.860. The lowest BCUT2D eigenvalue weighted by molar-refractivity contribution is -0.141. The highest BCUT2D eigenvalue weighted by Crippen LogP contribution is 2.20. The van der Waals surface area contributed by atoms with Crippen molar-refractivity contribution in [2.45, 2.75) is 25.1 Å². The molecule has 0 spiro atoms. The molecule has 1 saturated heterocycles. The maximum absolute atomic E-state index is 12.3. The van der Waals surface area contributed by atoms with Gasteiger partial charge in [-0.05, 0) is 17.7 Å². The van der Waals surface area contributed by atoms with Crippen LogP contribution >= 0.6 is 15.9 Å². The average Bonchev–Trinajstić information content (AvgIpc) is 2.82. The number of hydrogen-bond donors (Lipinski definition) is 2. The Morgan fingerprint density at radius 2 is 2.00 bits per heavy atom. The number of β-amino-alcohol motifs (C(OH)–C–C–N with tert-alkyl or cyclic N) is 1. The Labute approximate surface area is 131 Å². The summed E-state index contributed by atoms with van der Waals surface area (Å²) in [5, 5.41) is 18.7. The third-order valence-electron chi connectivity index (χ3n) is 3.47. The minimum Gasteiger partial charge on any atom is -0.480 e. The molecule has 1 fully saturated rings. The van der Waals surface area contributed by atoms with Gasteiger partial charge < -0.3 is 20.0 Å². The molecule has 0 aliphatic carbocycles. The number of likely N-dealkylation sites (tertiary alicyclic amines) is 1. The fourth-order valence-electron chi connectivity index (χ4n) is 2.41. The molecule has 2 N–H and O–H groups in total. The van der Waals surface area contributed by atoms with E-state index in [9.17, 15) is 14.7 Å². The molecular weight excluding hydrogens is 340 g/mol. The predicted molar refractivity (Wildman–Crippen MR) is 79.8 cm³/mol. The van der Waals surface area contributed by atoms with Crippen LogP contribution in [0.3, 0.4) is 0 Å². The van der Waals surface area contributed by atoms with E-state index in [0.29, 0.717) is 6.54 Å². The third-order valence-corrected chi connectivity index (χ3v) is 4.00. The van der Waals surface area contributed by atoms with Crippen molar-refractivity contribution in [3.63, 3.8) is 0 Å². The molecule has 21 heavy (non-hydrogen) atoms. The van der Waals surface area contributed by atoms with Gasteiger partial charge in [0.2, 0.25) is 0 Å². The molecule has 1 aromatic rings. The second-order valence-corrected chi connectivity index (χ2v) is 6.08. The highest BCUT2D eigenvalue weighted by Gasteiger charge is 2.39. The zero-order valence-electron chi connectivity index (χ0n) is 11.6. The molecule has 2 rings (SSSR count). The average molecular weight is 357 g/mol. The van der Waals surface area contributed by atoms with E-state index in [0.717, 1.165) is 10.0 Å². The van der Waals surface area contributed by atoms with Crippen molar-refractivity contribution in [2.75, 3.05) is 13.6 Å². The van der Waals surface area contributed by atoms with E-state index in [1.54, 1.807) is 7.05 Å².